The zero-order chi connectivity index (χ0) is 12.8. The third kappa shape index (κ3) is 3.71. The van der Waals surface area contributed by atoms with Crippen LogP contribution < -0.4 is 11.1 Å². The van der Waals surface area contributed by atoms with Crippen molar-refractivity contribution in [3.05, 3.63) is 18.1 Å². The lowest BCUT2D eigenvalue weighted by atomic mass is 10.1. The Labute approximate surface area is 98.1 Å². The molecule has 0 fully saturated rings. The van der Waals surface area contributed by atoms with E-state index < -0.39 is 17.8 Å². The largest absolute Gasteiger partial charge is 0.481 e. The van der Waals surface area contributed by atoms with Crippen LogP contribution >= 0.6 is 0 Å². The van der Waals surface area contributed by atoms with Gasteiger partial charge >= 0.3 is 5.97 Å². The summed E-state index contributed by atoms with van der Waals surface area (Å²) in [6.07, 6.45) is 3.21. The third-order valence-electron chi connectivity index (χ3n) is 2.22. The SMILES string of the molecule is CC(CCNc1nccnc1C(N)=O)C(=O)O. The van der Waals surface area contributed by atoms with Crippen molar-refractivity contribution in [3.8, 4) is 0 Å². The van der Waals surface area contributed by atoms with Gasteiger partial charge in [0.15, 0.2) is 11.5 Å². The highest BCUT2D eigenvalue weighted by atomic mass is 16.4. The molecule has 92 valence electrons. The standard InChI is InChI=1S/C10H14N4O3/c1-6(10(16)17)2-3-13-9-7(8(11)15)12-4-5-14-9/h4-6H,2-3H2,1H3,(H2,11,15)(H,13,14)(H,16,17). The number of primary amides is 1. The number of amides is 1. The van der Waals surface area contributed by atoms with Crippen molar-refractivity contribution in [2.75, 3.05) is 11.9 Å². The van der Waals surface area contributed by atoms with Crippen molar-refractivity contribution in [2.24, 2.45) is 11.7 Å². The maximum Gasteiger partial charge on any atom is 0.306 e. The minimum Gasteiger partial charge on any atom is -0.481 e. The number of aromatic nitrogens is 2. The highest BCUT2D eigenvalue weighted by Gasteiger charge is 2.13. The first-order valence-electron chi connectivity index (χ1n) is 5.10. The molecule has 1 amide bonds. The Kier molecular flexibility index (Phi) is 4.38. The number of hydrogen-bond acceptors (Lipinski definition) is 5. The maximum absolute atomic E-state index is 11.0. The van der Waals surface area contributed by atoms with Crippen LogP contribution in [0.5, 0.6) is 0 Å². The molecular weight excluding hydrogens is 224 g/mol. The Hall–Kier alpha value is -2.18. The maximum atomic E-state index is 11.0. The summed E-state index contributed by atoms with van der Waals surface area (Å²) < 4.78 is 0. The van der Waals surface area contributed by atoms with Crippen molar-refractivity contribution in [1.29, 1.82) is 0 Å². The molecular formula is C10H14N4O3. The van der Waals surface area contributed by atoms with E-state index in [0.29, 0.717) is 13.0 Å². The molecule has 0 aliphatic heterocycles. The van der Waals surface area contributed by atoms with Gasteiger partial charge in [0, 0.05) is 18.9 Å². The molecule has 0 spiro atoms. The molecule has 7 heteroatoms. The number of carbonyl (C=O) groups is 2. The summed E-state index contributed by atoms with van der Waals surface area (Å²) in [6.45, 7) is 1.99. The average molecular weight is 238 g/mol. The first kappa shape index (κ1) is 12.9. The summed E-state index contributed by atoms with van der Waals surface area (Å²) in [4.78, 5) is 29.3. The highest BCUT2D eigenvalue weighted by Crippen LogP contribution is 2.08. The normalized spacial score (nSPS) is 11.8. The zero-order valence-corrected chi connectivity index (χ0v) is 9.38. The number of anilines is 1. The average Bonchev–Trinajstić information content (AvgIpc) is 2.29. The van der Waals surface area contributed by atoms with Crippen molar-refractivity contribution in [1.82, 2.24) is 9.97 Å². The molecule has 1 unspecified atom stereocenters. The van der Waals surface area contributed by atoms with Gasteiger partial charge in [0.25, 0.3) is 5.91 Å². The van der Waals surface area contributed by atoms with E-state index in [1.165, 1.54) is 12.4 Å². The van der Waals surface area contributed by atoms with Gasteiger partial charge < -0.3 is 16.2 Å². The lowest BCUT2D eigenvalue weighted by Gasteiger charge is -2.09. The molecule has 0 bridgehead atoms. The molecule has 1 rings (SSSR count). The third-order valence-corrected chi connectivity index (χ3v) is 2.22. The van der Waals surface area contributed by atoms with Gasteiger partial charge in [-0.3, -0.25) is 9.59 Å². The van der Waals surface area contributed by atoms with Gasteiger partial charge in [-0.15, -0.1) is 0 Å². The van der Waals surface area contributed by atoms with E-state index in [-0.39, 0.29) is 11.5 Å². The van der Waals surface area contributed by atoms with E-state index in [0.717, 1.165) is 0 Å². The second kappa shape index (κ2) is 5.78. The Morgan fingerprint density at radius 1 is 1.47 bits per heavy atom. The molecule has 0 aliphatic carbocycles. The number of carboxylic acid groups (broad SMARTS) is 1. The Morgan fingerprint density at radius 2 is 2.12 bits per heavy atom. The number of nitrogens with one attached hydrogen (secondary N) is 1. The molecule has 17 heavy (non-hydrogen) atoms. The van der Waals surface area contributed by atoms with E-state index in [9.17, 15) is 9.59 Å². The molecule has 0 saturated carbocycles. The molecule has 7 nitrogen and oxygen atoms in total. The highest BCUT2D eigenvalue weighted by molar-refractivity contribution is 5.95. The number of carbonyl (C=O) groups excluding carboxylic acids is 1. The predicted octanol–water partition coefficient (Wildman–Crippen LogP) is 0.0982. The van der Waals surface area contributed by atoms with Crippen molar-refractivity contribution >= 4 is 17.7 Å². The van der Waals surface area contributed by atoms with Crippen LogP contribution in [0.25, 0.3) is 0 Å². The fourth-order valence-electron chi connectivity index (χ4n) is 1.18. The van der Waals surface area contributed by atoms with Crippen LogP contribution in [0, 0.1) is 5.92 Å². The molecule has 1 atom stereocenters. The van der Waals surface area contributed by atoms with Gasteiger partial charge in [-0.1, -0.05) is 6.92 Å². The fourth-order valence-corrected chi connectivity index (χ4v) is 1.18. The second-order valence-corrected chi connectivity index (χ2v) is 3.57. The zero-order valence-electron chi connectivity index (χ0n) is 9.38. The summed E-state index contributed by atoms with van der Waals surface area (Å²) in [5.74, 6) is -1.72. The van der Waals surface area contributed by atoms with Crippen LogP contribution in [0.1, 0.15) is 23.8 Å². The van der Waals surface area contributed by atoms with Gasteiger partial charge in [0.05, 0.1) is 5.92 Å². The smallest absolute Gasteiger partial charge is 0.306 e. The van der Waals surface area contributed by atoms with Gasteiger partial charge in [-0.05, 0) is 6.42 Å². The molecule has 0 radical (unpaired) electrons. The van der Waals surface area contributed by atoms with Crippen LogP contribution in [-0.2, 0) is 4.79 Å². The Bertz CT molecular complexity index is 422. The van der Waals surface area contributed by atoms with Crippen LogP contribution in [-0.4, -0.2) is 33.5 Å². The second-order valence-electron chi connectivity index (χ2n) is 3.57. The van der Waals surface area contributed by atoms with E-state index in [1.54, 1.807) is 6.92 Å². The molecule has 1 aromatic rings. The fraction of sp³-hybridized carbons (Fsp3) is 0.400. The van der Waals surface area contributed by atoms with Crippen molar-refractivity contribution < 1.29 is 14.7 Å². The molecule has 1 heterocycles. The van der Waals surface area contributed by atoms with Crippen molar-refractivity contribution in [2.45, 2.75) is 13.3 Å². The minimum absolute atomic E-state index is 0.0514. The first-order chi connectivity index (χ1) is 8.02. The molecule has 0 aliphatic rings. The van der Waals surface area contributed by atoms with Crippen molar-refractivity contribution in [3.63, 3.8) is 0 Å². The number of aliphatic carboxylic acids is 1. The number of nitrogens with two attached hydrogens (primary N) is 1. The van der Waals surface area contributed by atoms with E-state index >= 15 is 0 Å². The summed E-state index contributed by atoms with van der Waals surface area (Å²) in [6, 6.07) is 0. The Morgan fingerprint density at radius 3 is 2.71 bits per heavy atom. The van der Waals surface area contributed by atoms with Crippen LogP contribution in [0.2, 0.25) is 0 Å². The van der Waals surface area contributed by atoms with Crippen LogP contribution in [0.15, 0.2) is 12.4 Å². The van der Waals surface area contributed by atoms with Gasteiger partial charge in [0.1, 0.15) is 0 Å². The first-order valence-corrected chi connectivity index (χ1v) is 5.10. The lowest BCUT2D eigenvalue weighted by Crippen LogP contribution is -2.19. The van der Waals surface area contributed by atoms with Crippen LogP contribution in [0.4, 0.5) is 5.82 Å². The quantitative estimate of drug-likeness (QED) is 0.646. The Balaban J connectivity index is 2.58. The number of rotatable bonds is 6. The molecule has 4 N–H and O–H groups in total. The lowest BCUT2D eigenvalue weighted by molar-refractivity contribution is -0.141. The number of carboxylic acids is 1. The van der Waals surface area contributed by atoms with Gasteiger partial charge in [0.2, 0.25) is 0 Å². The summed E-state index contributed by atoms with van der Waals surface area (Å²) >= 11 is 0. The number of nitrogens with zero attached hydrogens (tertiary/aromatic N) is 2. The van der Waals surface area contributed by atoms with E-state index in [2.05, 4.69) is 15.3 Å². The van der Waals surface area contributed by atoms with Crippen LogP contribution in [0.3, 0.4) is 0 Å². The van der Waals surface area contributed by atoms with Gasteiger partial charge in [-0.25, -0.2) is 9.97 Å². The summed E-state index contributed by atoms with van der Waals surface area (Å²) in [7, 11) is 0. The topological polar surface area (TPSA) is 118 Å². The molecule has 0 aromatic carbocycles. The van der Waals surface area contributed by atoms with E-state index in [4.69, 9.17) is 10.8 Å². The monoisotopic (exact) mass is 238 g/mol. The molecule has 0 saturated heterocycles. The predicted molar refractivity (Wildman–Crippen MR) is 60.5 cm³/mol. The summed E-state index contributed by atoms with van der Waals surface area (Å²) in [5, 5.41) is 11.5. The van der Waals surface area contributed by atoms with E-state index in [1.807, 2.05) is 0 Å². The van der Waals surface area contributed by atoms with Gasteiger partial charge in [-0.2, -0.15) is 0 Å². The summed E-state index contributed by atoms with van der Waals surface area (Å²) in [5.41, 5.74) is 5.17. The molecule has 1 aromatic heterocycles. The number of hydrogen-bond donors (Lipinski definition) is 3. The minimum atomic E-state index is -0.860.